The lowest BCUT2D eigenvalue weighted by Crippen LogP contribution is -1.76. The van der Waals surface area contributed by atoms with Gasteiger partial charge in [-0.05, 0) is 24.1 Å². The first kappa shape index (κ1) is 14.6. The van der Waals surface area contributed by atoms with E-state index in [0.29, 0.717) is 6.42 Å². The van der Waals surface area contributed by atoms with Gasteiger partial charge in [0.25, 0.3) is 0 Å². The molecule has 76 valence electrons. The maximum Gasteiger partial charge on any atom is 0.122 e. The molecule has 0 amide bonds. The highest BCUT2D eigenvalue weighted by Gasteiger charge is 1.90. The third-order valence-corrected chi connectivity index (χ3v) is 1.27. The van der Waals surface area contributed by atoms with Crippen LogP contribution in [0.2, 0.25) is 0 Å². The van der Waals surface area contributed by atoms with Crippen molar-refractivity contribution >= 4 is 0 Å². The third kappa shape index (κ3) is 8.99. The van der Waals surface area contributed by atoms with Crippen LogP contribution in [0.25, 0.3) is 0 Å². The lowest BCUT2D eigenvalue weighted by Gasteiger charge is -1.93. The minimum Gasteiger partial charge on any atom is -0.246 e. The van der Waals surface area contributed by atoms with Crippen LogP contribution in [-0.2, 0) is 0 Å². The summed E-state index contributed by atoms with van der Waals surface area (Å²) in [7, 11) is 0. The molecule has 0 N–H and O–H groups in total. The highest BCUT2D eigenvalue weighted by Crippen LogP contribution is 2.08. The molecule has 0 saturated carbocycles. The Morgan fingerprint density at radius 2 is 1.92 bits per heavy atom. The van der Waals surface area contributed by atoms with Gasteiger partial charge >= 0.3 is 0 Å². The van der Waals surface area contributed by atoms with E-state index in [1.54, 1.807) is 6.08 Å². The summed E-state index contributed by atoms with van der Waals surface area (Å²) >= 11 is 0. The molecule has 0 aromatic carbocycles. The third-order valence-electron chi connectivity index (χ3n) is 1.27. The van der Waals surface area contributed by atoms with Crippen LogP contribution >= 0.6 is 0 Å². The second-order valence-corrected chi connectivity index (χ2v) is 2.02. The van der Waals surface area contributed by atoms with Crippen molar-refractivity contribution in [3.05, 3.63) is 36.2 Å². The zero-order valence-corrected chi connectivity index (χ0v) is 8.61. The van der Waals surface area contributed by atoms with E-state index in [4.69, 9.17) is 0 Å². The van der Waals surface area contributed by atoms with Crippen LogP contribution in [-0.4, -0.2) is 6.67 Å². The number of rotatable bonds is 4. The van der Waals surface area contributed by atoms with E-state index in [9.17, 15) is 8.78 Å². The zero-order chi connectivity index (χ0) is 10.7. The minimum atomic E-state index is -0.767. The van der Waals surface area contributed by atoms with E-state index in [2.05, 4.69) is 6.58 Å². The Morgan fingerprint density at radius 1 is 1.38 bits per heavy atom. The second-order valence-electron chi connectivity index (χ2n) is 2.02. The van der Waals surface area contributed by atoms with Crippen LogP contribution in [0.1, 0.15) is 27.2 Å². The molecule has 0 aromatic rings. The molecule has 0 atom stereocenters. The predicted molar refractivity (Wildman–Crippen MR) is 55.1 cm³/mol. The van der Waals surface area contributed by atoms with Gasteiger partial charge in [0, 0.05) is 0 Å². The summed E-state index contributed by atoms with van der Waals surface area (Å²) in [5, 5.41) is 0. The Bertz CT molecular complexity index is 179. The minimum absolute atomic E-state index is 0.538. The summed E-state index contributed by atoms with van der Waals surface area (Å²) in [5.74, 6) is -0.538. The zero-order valence-electron chi connectivity index (χ0n) is 8.61. The smallest absolute Gasteiger partial charge is 0.122 e. The molecule has 0 radical (unpaired) electrons. The van der Waals surface area contributed by atoms with Crippen LogP contribution in [0.4, 0.5) is 8.78 Å². The van der Waals surface area contributed by atoms with Gasteiger partial charge < -0.3 is 0 Å². The molecule has 0 aliphatic rings. The average Bonchev–Trinajstić information content (AvgIpc) is 2.18. The molecule has 0 aliphatic heterocycles. The van der Waals surface area contributed by atoms with E-state index in [1.807, 2.05) is 20.8 Å². The van der Waals surface area contributed by atoms with Gasteiger partial charge in [-0.25, -0.2) is 8.78 Å². The van der Waals surface area contributed by atoms with E-state index in [1.165, 1.54) is 6.08 Å². The number of allylic oxidation sites excluding steroid dienone is 5. The number of alkyl halides is 1. The molecule has 0 bridgehead atoms. The maximum atomic E-state index is 12.5. The van der Waals surface area contributed by atoms with E-state index in [0.717, 1.165) is 11.6 Å². The van der Waals surface area contributed by atoms with E-state index < -0.39 is 12.5 Å². The molecule has 13 heavy (non-hydrogen) atoms. The summed E-state index contributed by atoms with van der Waals surface area (Å²) in [4.78, 5) is 0. The SMILES string of the molecule is C=C/C(=C\C(F)=C/CF)CC.CC. The molecule has 0 aliphatic carbocycles. The summed E-state index contributed by atoms with van der Waals surface area (Å²) < 4.78 is 24.1. The van der Waals surface area contributed by atoms with Gasteiger partial charge in [-0.15, -0.1) is 0 Å². The largest absolute Gasteiger partial charge is 0.246 e. The first-order chi connectivity index (χ1) is 6.24. The van der Waals surface area contributed by atoms with Crippen LogP contribution in [0, 0.1) is 0 Å². The lowest BCUT2D eigenvalue weighted by atomic mass is 10.2. The Hall–Kier alpha value is -0.920. The quantitative estimate of drug-likeness (QED) is 0.575. The number of hydrogen-bond donors (Lipinski definition) is 0. The van der Waals surface area contributed by atoms with Crippen molar-refractivity contribution in [1.29, 1.82) is 0 Å². The summed E-state index contributed by atoms with van der Waals surface area (Å²) in [5.41, 5.74) is 0.771. The lowest BCUT2D eigenvalue weighted by molar-refractivity contribution is 0.547. The molecule has 0 unspecified atom stereocenters. The fraction of sp³-hybridized carbons (Fsp3) is 0.455. The summed E-state index contributed by atoms with van der Waals surface area (Å²) in [6.45, 7) is 8.61. The summed E-state index contributed by atoms with van der Waals surface area (Å²) in [6, 6.07) is 0. The van der Waals surface area contributed by atoms with Crippen LogP contribution in [0.15, 0.2) is 36.2 Å². The normalized spacial score (nSPS) is 11.8. The van der Waals surface area contributed by atoms with E-state index >= 15 is 0 Å². The van der Waals surface area contributed by atoms with Crippen molar-refractivity contribution in [3.63, 3.8) is 0 Å². The Labute approximate surface area is 79.7 Å². The first-order valence-corrected chi connectivity index (χ1v) is 4.49. The van der Waals surface area contributed by atoms with Crippen molar-refractivity contribution in [2.45, 2.75) is 27.2 Å². The molecule has 0 spiro atoms. The van der Waals surface area contributed by atoms with Crippen molar-refractivity contribution in [2.75, 3.05) is 6.67 Å². The molecular weight excluding hydrogens is 170 g/mol. The van der Waals surface area contributed by atoms with Gasteiger partial charge in [0.2, 0.25) is 0 Å². The van der Waals surface area contributed by atoms with Crippen LogP contribution in [0.3, 0.4) is 0 Å². The second kappa shape index (κ2) is 11.1. The molecule has 0 heterocycles. The molecule has 0 rings (SSSR count). The standard InChI is InChI=1S/C9H12F2.C2H6/c1-3-8(4-2)7-9(11)5-6-10;1-2/h3,5,7H,1,4,6H2,2H3;1-2H3/b8-7+,9-5+;. The van der Waals surface area contributed by atoms with Gasteiger partial charge in [-0.1, -0.05) is 33.4 Å². The molecule has 0 fully saturated rings. The van der Waals surface area contributed by atoms with Gasteiger partial charge in [0.05, 0.1) is 0 Å². The van der Waals surface area contributed by atoms with Gasteiger partial charge in [0.1, 0.15) is 12.5 Å². The van der Waals surface area contributed by atoms with Crippen molar-refractivity contribution in [1.82, 2.24) is 0 Å². The monoisotopic (exact) mass is 188 g/mol. The van der Waals surface area contributed by atoms with Gasteiger partial charge in [-0.3, -0.25) is 0 Å². The molecule has 0 nitrogen and oxygen atoms in total. The highest BCUT2D eigenvalue weighted by molar-refractivity contribution is 5.25. The first-order valence-electron chi connectivity index (χ1n) is 4.49. The average molecular weight is 188 g/mol. The maximum absolute atomic E-state index is 12.5. The van der Waals surface area contributed by atoms with Crippen molar-refractivity contribution in [2.24, 2.45) is 0 Å². The predicted octanol–water partition coefficient (Wildman–Crippen LogP) is 4.36. The van der Waals surface area contributed by atoms with Gasteiger partial charge in [0.15, 0.2) is 0 Å². The molecule has 0 saturated heterocycles. The molecular formula is C11H18F2. The fourth-order valence-electron chi connectivity index (χ4n) is 0.615. The van der Waals surface area contributed by atoms with E-state index in [-0.39, 0.29) is 0 Å². The Balaban J connectivity index is 0. The van der Waals surface area contributed by atoms with Crippen LogP contribution < -0.4 is 0 Å². The van der Waals surface area contributed by atoms with Crippen molar-refractivity contribution in [3.8, 4) is 0 Å². The van der Waals surface area contributed by atoms with Gasteiger partial charge in [-0.2, -0.15) is 0 Å². The highest BCUT2D eigenvalue weighted by atomic mass is 19.1. The topological polar surface area (TPSA) is 0 Å². The molecule has 0 aromatic heterocycles. The Morgan fingerprint density at radius 3 is 2.23 bits per heavy atom. The number of hydrogen-bond acceptors (Lipinski definition) is 0. The number of halogens is 2. The summed E-state index contributed by atoms with van der Waals surface area (Å²) in [6.07, 6.45) is 4.44. The van der Waals surface area contributed by atoms with Crippen LogP contribution in [0.5, 0.6) is 0 Å². The van der Waals surface area contributed by atoms with Crippen molar-refractivity contribution < 1.29 is 8.78 Å². The fourth-order valence-corrected chi connectivity index (χ4v) is 0.615. The Kier molecular flexibility index (Phi) is 12.4. The molecule has 2 heteroatoms.